The summed E-state index contributed by atoms with van der Waals surface area (Å²) >= 11 is 0. The quantitative estimate of drug-likeness (QED) is 0.824. The summed E-state index contributed by atoms with van der Waals surface area (Å²) in [6, 6.07) is 18.4. The van der Waals surface area contributed by atoms with Crippen molar-refractivity contribution >= 4 is 13.5 Å². The number of ether oxygens (including phenoxy) is 1. The predicted octanol–water partition coefficient (Wildman–Crippen LogP) is 3.20. The molecule has 0 unspecified atom stereocenters. The summed E-state index contributed by atoms with van der Waals surface area (Å²) in [5, 5.41) is 8.63. The van der Waals surface area contributed by atoms with Gasteiger partial charge in [-0.3, -0.25) is 0 Å². The molecule has 0 atom stereocenters. The highest BCUT2D eigenvalue weighted by Crippen LogP contribution is 2.05. The summed E-state index contributed by atoms with van der Waals surface area (Å²) in [6.45, 7) is 0. The lowest BCUT2D eigenvalue weighted by Crippen LogP contribution is -1.78. The SMILES string of the molecule is COc1ccccc1.Oc1ccccc1.S. The molecule has 0 heterocycles. The normalized spacial score (nSPS) is 8.06. The molecule has 0 amide bonds. The Labute approximate surface area is 103 Å². The van der Waals surface area contributed by atoms with Crippen molar-refractivity contribution in [1.29, 1.82) is 0 Å². The van der Waals surface area contributed by atoms with E-state index in [1.54, 1.807) is 31.4 Å². The number of phenolic OH excluding ortho intramolecular Hbond substituents is 1. The fraction of sp³-hybridized carbons (Fsp3) is 0.0769. The van der Waals surface area contributed by atoms with Crippen molar-refractivity contribution in [2.45, 2.75) is 0 Å². The van der Waals surface area contributed by atoms with Crippen molar-refractivity contribution < 1.29 is 9.84 Å². The van der Waals surface area contributed by atoms with Gasteiger partial charge in [-0.05, 0) is 24.3 Å². The maximum absolute atomic E-state index is 8.63. The van der Waals surface area contributed by atoms with Crippen LogP contribution in [-0.2, 0) is 0 Å². The van der Waals surface area contributed by atoms with Crippen molar-refractivity contribution in [3.05, 3.63) is 60.7 Å². The summed E-state index contributed by atoms with van der Waals surface area (Å²) in [6.07, 6.45) is 0. The highest BCUT2D eigenvalue weighted by Gasteiger charge is 1.80. The van der Waals surface area contributed by atoms with Crippen LogP contribution in [0.3, 0.4) is 0 Å². The molecule has 0 spiro atoms. The molecule has 0 radical (unpaired) electrons. The van der Waals surface area contributed by atoms with Gasteiger partial charge in [0.15, 0.2) is 0 Å². The lowest BCUT2D eigenvalue weighted by molar-refractivity contribution is 0.415. The molecule has 0 aromatic heterocycles. The van der Waals surface area contributed by atoms with E-state index in [0.717, 1.165) is 5.75 Å². The van der Waals surface area contributed by atoms with E-state index in [1.807, 2.05) is 36.4 Å². The fourth-order valence-electron chi connectivity index (χ4n) is 0.985. The van der Waals surface area contributed by atoms with Crippen molar-refractivity contribution in [2.75, 3.05) is 7.11 Å². The second-order valence-electron chi connectivity index (χ2n) is 2.85. The smallest absolute Gasteiger partial charge is 0.118 e. The maximum Gasteiger partial charge on any atom is 0.118 e. The van der Waals surface area contributed by atoms with E-state index < -0.39 is 0 Å². The molecule has 1 N–H and O–H groups in total. The van der Waals surface area contributed by atoms with Crippen LogP contribution in [0.4, 0.5) is 0 Å². The van der Waals surface area contributed by atoms with Gasteiger partial charge >= 0.3 is 0 Å². The number of hydrogen-bond acceptors (Lipinski definition) is 2. The molecule has 0 aliphatic carbocycles. The molecule has 0 saturated carbocycles. The average molecular weight is 236 g/mol. The van der Waals surface area contributed by atoms with E-state index in [2.05, 4.69) is 0 Å². The van der Waals surface area contributed by atoms with Gasteiger partial charge in [0.1, 0.15) is 11.5 Å². The Hall–Kier alpha value is -1.61. The van der Waals surface area contributed by atoms with Gasteiger partial charge in [0, 0.05) is 0 Å². The summed E-state index contributed by atoms with van der Waals surface area (Å²) in [5.74, 6) is 1.23. The van der Waals surface area contributed by atoms with Gasteiger partial charge in [0.05, 0.1) is 7.11 Å². The Kier molecular flexibility index (Phi) is 7.81. The molecular formula is C13H16O2S. The molecule has 3 heteroatoms. The molecule has 2 aromatic rings. The van der Waals surface area contributed by atoms with E-state index in [9.17, 15) is 0 Å². The number of aromatic hydroxyl groups is 1. The van der Waals surface area contributed by atoms with Gasteiger partial charge in [0.2, 0.25) is 0 Å². The highest BCUT2D eigenvalue weighted by molar-refractivity contribution is 7.59. The minimum absolute atomic E-state index is 0. The first-order valence-corrected chi connectivity index (χ1v) is 4.66. The van der Waals surface area contributed by atoms with Crippen LogP contribution in [0.5, 0.6) is 11.5 Å². The zero-order valence-corrected chi connectivity index (χ0v) is 10.1. The monoisotopic (exact) mass is 236 g/mol. The van der Waals surface area contributed by atoms with Gasteiger partial charge in [-0.15, -0.1) is 0 Å². The topological polar surface area (TPSA) is 29.5 Å². The minimum atomic E-state index is 0. The number of phenols is 1. The second kappa shape index (κ2) is 8.68. The first kappa shape index (κ1) is 14.4. The number of hydrogen-bond donors (Lipinski definition) is 1. The zero-order chi connectivity index (χ0) is 10.9. The van der Waals surface area contributed by atoms with Crippen LogP contribution >= 0.6 is 13.5 Å². The van der Waals surface area contributed by atoms with Crippen molar-refractivity contribution in [2.24, 2.45) is 0 Å². The Balaban J connectivity index is 0.000000267. The highest BCUT2D eigenvalue weighted by atomic mass is 32.1. The summed E-state index contributed by atoms with van der Waals surface area (Å²) in [5.41, 5.74) is 0. The summed E-state index contributed by atoms with van der Waals surface area (Å²) < 4.78 is 4.91. The molecule has 0 saturated heterocycles. The Morgan fingerprint density at radius 3 is 1.50 bits per heavy atom. The largest absolute Gasteiger partial charge is 0.508 e. The molecule has 0 aliphatic rings. The average Bonchev–Trinajstić information content (AvgIpc) is 2.32. The van der Waals surface area contributed by atoms with Gasteiger partial charge in [0.25, 0.3) is 0 Å². The van der Waals surface area contributed by atoms with Crippen LogP contribution in [-0.4, -0.2) is 12.2 Å². The van der Waals surface area contributed by atoms with E-state index >= 15 is 0 Å². The van der Waals surface area contributed by atoms with Crippen LogP contribution in [0.25, 0.3) is 0 Å². The first-order valence-electron chi connectivity index (χ1n) is 4.66. The first-order chi connectivity index (χ1) is 7.33. The number of benzene rings is 2. The molecular weight excluding hydrogens is 220 g/mol. The Bertz CT molecular complexity index is 362. The third kappa shape index (κ3) is 5.98. The van der Waals surface area contributed by atoms with Crippen LogP contribution in [0.1, 0.15) is 0 Å². The number of para-hydroxylation sites is 2. The summed E-state index contributed by atoms with van der Waals surface area (Å²) in [7, 11) is 1.66. The van der Waals surface area contributed by atoms with E-state index in [0.29, 0.717) is 5.75 Å². The Morgan fingerprint density at radius 1 is 0.812 bits per heavy atom. The molecule has 0 aliphatic heterocycles. The van der Waals surface area contributed by atoms with Crippen LogP contribution in [0.2, 0.25) is 0 Å². The molecule has 0 fully saturated rings. The molecule has 2 aromatic carbocycles. The van der Waals surface area contributed by atoms with Crippen LogP contribution < -0.4 is 4.74 Å². The molecule has 2 nitrogen and oxygen atoms in total. The molecule has 2 rings (SSSR count). The maximum atomic E-state index is 8.63. The fourth-order valence-corrected chi connectivity index (χ4v) is 0.985. The third-order valence-electron chi connectivity index (χ3n) is 1.74. The third-order valence-corrected chi connectivity index (χ3v) is 1.74. The van der Waals surface area contributed by atoms with Gasteiger partial charge in [-0.1, -0.05) is 36.4 Å². The lowest BCUT2D eigenvalue weighted by atomic mass is 10.3. The second-order valence-corrected chi connectivity index (χ2v) is 2.85. The molecule has 16 heavy (non-hydrogen) atoms. The standard InChI is InChI=1S/C7H8O.C6H6O.H2S/c1-8-7-5-3-2-4-6-7;7-6-4-2-1-3-5-6;/h2-6H,1H3;1-5,7H;1H2. The minimum Gasteiger partial charge on any atom is -0.508 e. The van der Waals surface area contributed by atoms with E-state index in [4.69, 9.17) is 9.84 Å². The zero-order valence-electron chi connectivity index (χ0n) is 9.13. The van der Waals surface area contributed by atoms with Crippen molar-refractivity contribution in [3.63, 3.8) is 0 Å². The van der Waals surface area contributed by atoms with Crippen LogP contribution in [0, 0.1) is 0 Å². The van der Waals surface area contributed by atoms with Gasteiger partial charge in [-0.2, -0.15) is 13.5 Å². The van der Waals surface area contributed by atoms with Crippen LogP contribution in [0.15, 0.2) is 60.7 Å². The Morgan fingerprint density at radius 2 is 1.25 bits per heavy atom. The van der Waals surface area contributed by atoms with E-state index in [1.165, 1.54) is 0 Å². The van der Waals surface area contributed by atoms with E-state index in [-0.39, 0.29) is 13.5 Å². The molecule has 0 bridgehead atoms. The molecule has 86 valence electrons. The number of rotatable bonds is 1. The predicted molar refractivity (Wildman–Crippen MR) is 71.5 cm³/mol. The van der Waals surface area contributed by atoms with Crippen molar-refractivity contribution in [3.8, 4) is 11.5 Å². The lowest BCUT2D eigenvalue weighted by Gasteiger charge is -1.93. The van der Waals surface area contributed by atoms with Gasteiger partial charge < -0.3 is 9.84 Å². The van der Waals surface area contributed by atoms with Crippen molar-refractivity contribution in [1.82, 2.24) is 0 Å². The van der Waals surface area contributed by atoms with Gasteiger partial charge in [-0.25, -0.2) is 0 Å². The summed E-state index contributed by atoms with van der Waals surface area (Å²) in [4.78, 5) is 0. The number of methoxy groups -OCH3 is 1.